The first-order valence-electron chi connectivity index (χ1n) is 5.78. The lowest BCUT2D eigenvalue weighted by Crippen LogP contribution is -2.23. The van der Waals surface area contributed by atoms with E-state index in [9.17, 15) is 0 Å². The van der Waals surface area contributed by atoms with Crippen molar-refractivity contribution in [2.24, 2.45) is 12.8 Å². The van der Waals surface area contributed by atoms with Crippen LogP contribution in [0, 0.1) is 6.92 Å². The van der Waals surface area contributed by atoms with Gasteiger partial charge in [0.25, 0.3) is 0 Å². The molecular weight excluding hydrogens is 246 g/mol. The van der Waals surface area contributed by atoms with Gasteiger partial charge in [-0.25, -0.2) is 0 Å². The van der Waals surface area contributed by atoms with Crippen molar-refractivity contribution >= 4 is 11.8 Å². The third-order valence-electron chi connectivity index (χ3n) is 2.74. The fourth-order valence-electron chi connectivity index (χ4n) is 1.59. The summed E-state index contributed by atoms with van der Waals surface area (Å²) in [6.45, 7) is 3.91. The van der Waals surface area contributed by atoms with Crippen LogP contribution in [0.1, 0.15) is 23.7 Å². The molecule has 2 unspecified atom stereocenters. The van der Waals surface area contributed by atoms with E-state index >= 15 is 0 Å². The molecule has 0 aliphatic rings. The molecule has 2 aromatic rings. The molecule has 2 rings (SSSR count). The second kappa shape index (κ2) is 5.49. The first-order valence-corrected chi connectivity index (χ1v) is 6.66. The zero-order chi connectivity index (χ0) is 13.1. The Kier molecular flexibility index (Phi) is 3.98. The van der Waals surface area contributed by atoms with Gasteiger partial charge in [0.05, 0.1) is 10.9 Å². The van der Waals surface area contributed by atoms with Crippen LogP contribution in [-0.2, 0) is 7.05 Å². The predicted molar refractivity (Wildman–Crippen MR) is 72.2 cm³/mol. The van der Waals surface area contributed by atoms with Gasteiger partial charge in [0.2, 0.25) is 0 Å². The van der Waals surface area contributed by atoms with Crippen molar-refractivity contribution in [2.75, 3.05) is 0 Å². The molecule has 2 atom stereocenters. The fraction of sp³-hybridized carbons (Fsp3) is 0.417. The summed E-state index contributed by atoms with van der Waals surface area (Å²) in [6.07, 6.45) is 1.78. The summed E-state index contributed by atoms with van der Waals surface area (Å²) < 4.78 is 1.96. The van der Waals surface area contributed by atoms with Gasteiger partial charge in [-0.1, -0.05) is 17.8 Å². The molecule has 0 saturated heterocycles. The average Bonchev–Trinajstić information content (AvgIpc) is 2.68. The van der Waals surface area contributed by atoms with Crippen molar-refractivity contribution in [3.63, 3.8) is 0 Å². The minimum Gasteiger partial charge on any atom is -0.327 e. The lowest BCUT2D eigenvalue weighted by atomic mass is 10.2. The summed E-state index contributed by atoms with van der Waals surface area (Å²) in [5.41, 5.74) is 7.03. The minimum absolute atomic E-state index is 0.0121. The normalized spacial score (nSPS) is 14.4. The van der Waals surface area contributed by atoms with E-state index in [-0.39, 0.29) is 11.3 Å². The number of nitrogens with two attached hydrogens (primary N) is 1. The van der Waals surface area contributed by atoms with Crippen LogP contribution in [0.2, 0.25) is 0 Å². The maximum absolute atomic E-state index is 6.06. The van der Waals surface area contributed by atoms with Crippen molar-refractivity contribution in [3.05, 3.63) is 35.9 Å². The fourth-order valence-corrected chi connectivity index (χ4v) is 2.67. The van der Waals surface area contributed by atoms with Gasteiger partial charge in [0, 0.05) is 19.3 Å². The highest BCUT2D eigenvalue weighted by Crippen LogP contribution is 2.34. The van der Waals surface area contributed by atoms with Crippen molar-refractivity contribution in [1.82, 2.24) is 19.7 Å². The SMILES string of the molecule is Cc1nnc(SC(c2ccccn2)C(C)N)n1C. The topological polar surface area (TPSA) is 69.6 Å². The maximum atomic E-state index is 6.06. The number of aryl methyl sites for hydroxylation is 1. The summed E-state index contributed by atoms with van der Waals surface area (Å²) in [5, 5.41) is 9.15. The van der Waals surface area contributed by atoms with E-state index in [1.165, 1.54) is 0 Å². The number of aromatic nitrogens is 4. The highest BCUT2D eigenvalue weighted by Gasteiger charge is 2.21. The Morgan fingerprint density at radius 3 is 2.61 bits per heavy atom. The molecule has 2 aromatic heterocycles. The Morgan fingerprint density at radius 1 is 1.33 bits per heavy atom. The molecule has 18 heavy (non-hydrogen) atoms. The van der Waals surface area contributed by atoms with Gasteiger partial charge in [-0.2, -0.15) is 0 Å². The number of hydrogen-bond acceptors (Lipinski definition) is 5. The minimum atomic E-state index is -0.0121. The number of thioether (sulfide) groups is 1. The number of hydrogen-bond donors (Lipinski definition) is 1. The lowest BCUT2D eigenvalue weighted by Gasteiger charge is -2.18. The van der Waals surface area contributed by atoms with Gasteiger partial charge < -0.3 is 10.3 Å². The molecule has 96 valence electrons. The summed E-state index contributed by atoms with van der Waals surface area (Å²) in [5.74, 6) is 0.891. The predicted octanol–water partition coefficient (Wildman–Crippen LogP) is 1.70. The van der Waals surface area contributed by atoms with Gasteiger partial charge in [-0.05, 0) is 26.0 Å². The Bertz CT molecular complexity index is 508. The number of pyridine rings is 1. The molecule has 0 aliphatic carbocycles. The summed E-state index contributed by atoms with van der Waals surface area (Å²) in [6, 6.07) is 5.85. The highest BCUT2D eigenvalue weighted by molar-refractivity contribution is 7.99. The van der Waals surface area contributed by atoms with E-state index in [2.05, 4.69) is 15.2 Å². The third kappa shape index (κ3) is 2.70. The average molecular weight is 263 g/mol. The second-order valence-corrected chi connectivity index (χ2v) is 5.35. The van der Waals surface area contributed by atoms with Gasteiger partial charge in [-0.15, -0.1) is 10.2 Å². The molecule has 0 radical (unpaired) electrons. The zero-order valence-electron chi connectivity index (χ0n) is 10.7. The van der Waals surface area contributed by atoms with Crippen LogP contribution in [0.4, 0.5) is 0 Å². The van der Waals surface area contributed by atoms with Gasteiger partial charge in [-0.3, -0.25) is 4.98 Å². The molecule has 6 heteroatoms. The van der Waals surface area contributed by atoms with Crippen LogP contribution < -0.4 is 5.73 Å². The van der Waals surface area contributed by atoms with Crippen LogP contribution in [0.25, 0.3) is 0 Å². The Hall–Kier alpha value is -1.40. The van der Waals surface area contributed by atoms with Crippen molar-refractivity contribution in [2.45, 2.75) is 30.3 Å². The van der Waals surface area contributed by atoms with E-state index < -0.39 is 0 Å². The van der Waals surface area contributed by atoms with Gasteiger partial charge in [0.15, 0.2) is 5.16 Å². The smallest absolute Gasteiger partial charge is 0.191 e. The van der Waals surface area contributed by atoms with Crippen LogP contribution in [0.15, 0.2) is 29.6 Å². The van der Waals surface area contributed by atoms with Gasteiger partial charge >= 0.3 is 0 Å². The van der Waals surface area contributed by atoms with E-state index in [1.807, 2.05) is 43.7 Å². The van der Waals surface area contributed by atoms with Crippen LogP contribution in [0.3, 0.4) is 0 Å². The molecule has 0 fully saturated rings. The maximum Gasteiger partial charge on any atom is 0.191 e. The van der Waals surface area contributed by atoms with Crippen molar-refractivity contribution in [3.8, 4) is 0 Å². The van der Waals surface area contributed by atoms with Crippen molar-refractivity contribution < 1.29 is 0 Å². The molecule has 0 aliphatic heterocycles. The van der Waals surface area contributed by atoms with E-state index in [1.54, 1.807) is 18.0 Å². The standard InChI is InChI=1S/C12H17N5S/c1-8(13)11(10-6-4-5-7-14-10)18-12-16-15-9(2)17(12)3/h4-8,11H,13H2,1-3H3. The molecule has 5 nitrogen and oxygen atoms in total. The largest absolute Gasteiger partial charge is 0.327 e. The molecule has 0 saturated carbocycles. The Labute approximate surface area is 111 Å². The second-order valence-electron chi connectivity index (χ2n) is 4.24. The summed E-state index contributed by atoms with van der Waals surface area (Å²) in [7, 11) is 1.95. The van der Waals surface area contributed by atoms with Crippen LogP contribution in [0.5, 0.6) is 0 Å². The monoisotopic (exact) mass is 263 g/mol. The quantitative estimate of drug-likeness (QED) is 0.850. The highest BCUT2D eigenvalue weighted by atomic mass is 32.2. The molecule has 0 aromatic carbocycles. The van der Waals surface area contributed by atoms with E-state index in [0.717, 1.165) is 16.7 Å². The molecule has 0 spiro atoms. The van der Waals surface area contributed by atoms with Crippen molar-refractivity contribution in [1.29, 1.82) is 0 Å². The first-order chi connectivity index (χ1) is 8.59. The summed E-state index contributed by atoms with van der Waals surface area (Å²) >= 11 is 1.60. The molecule has 0 bridgehead atoms. The van der Waals surface area contributed by atoms with Crippen LogP contribution >= 0.6 is 11.8 Å². The molecule has 0 amide bonds. The third-order valence-corrected chi connectivity index (χ3v) is 4.23. The zero-order valence-corrected chi connectivity index (χ0v) is 11.6. The van der Waals surface area contributed by atoms with Gasteiger partial charge in [0.1, 0.15) is 5.82 Å². The Morgan fingerprint density at radius 2 is 2.11 bits per heavy atom. The number of rotatable bonds is 4. The first kappa shape index (κ1) is 13.0. The number of nitrogens with zero attached hydrogens (tertiary/aromatic N) is 4. The molecule has 2 N–H and O–H groups in total. The van der Waals surface area contributed by atoms with E-state index in [4.69, 9.17) is 5.73 Å². The lowest BCUT2D eigenvalue weighted by molar-refractivity contribution is 0.693. The van der Waals surface area contributed by atoms with Crippen LogP contribution in [-0.4, -0.2) is 25.8 Å². The van der Waals surface area contributed by atoms with E-state index in [0.29, 0.717) is 0 Å². The summed E-state index contributed by atoms with van der Waals surface area (Å²) in [4.78, 5) is 4.37. The molecular formula is C12H17N5S. The Balaban J connectivity index is 2.25. The molecule has 2 heterocycles.